The number of hydrogen-bond donors (Lipinski definition) is 1. The molecule has 0 saturated heterocycles. The van der Waals surface area contributed by atoms with Crippen LogP contribution in [0.15, 0.2) is 16.6 Å². The molecule has 0 fully saturated rings. The third kappa shape index (κ3) is 2.09. The Bertz CT molecular complexity index is 252. The Hall–Kier alpha value is 0.240. The highest BCUT2D eigenvalue weighted by Gasteiger charge is 2.03. The molecule has 0 aromatic heterocycles. The van der Waals surface area contributed by atoms with Crippen molar-refractivity contribution in [3.05, 3.63) is 32.2 Å². The van der Waals surface area contributed by atoms with Crippen molar-refractivity contribution in [1.29, 1.82) is 0 Å². The van der Waals surface area contributed by atoms with Crippen LogP contribution >= 0.6 is 39.1 Å². The molecule has 0 atom stereocenters. The summed E-state index contributed by atoms with van der Waals surface area (Å²) in [6.07, 6.45) is 0. The molecule has 11 heavy (non-hydrogen) atoms. The van der Waals surface area contributed by atoms with Crippen LogP contribution in [0, 0.1) is 0 Å². The van der Waals surface area contributed by atoms with Gasteiger partial charge in [-0.15, -0.1) is 0 Å². The van der Waals surface area contributed by atoms with Crippen molar-refractivity contribution in [2.24, 2.45) is 0 Å². The fourth-order valence-corrected chi connectivity index (χ4v) is 1.46. The highest BCUT2D eigenvalue weighted by molar-refractivity contribution is 9.10. The van der Waals surface area contributed by atoms with E-state index in [-0.39, 0.29) is 6.61 Å². The molecule has 4 heteroatoms. The minimum atomic E-state index is -0.0489. The van der Waals surface area contributed by atoms with Gasteiger partial charge < -0.3 is 5.11 Å². The maximum Gasteiger partial charge on any atom is 0.0682 e. The van der Waals surface area contributed by atoms with Gasteiger partial charge in [0.05, 0.1) is 21.1 Å². The molecule has 1 aromatic carbocycles. The van der Waals surface area contributed by atoms with Gasteiger partial charge >= 0.3 is 0 Å². The topological polar surface area (TPSA) is 20.2 Å². The van der Waals surface area contributed by atoms with Crippen molar-refractivity contribution in [1.82, 2.24) is 0 Å². The zero-order valence-electron chi connectivity index (χ0n) is 5.44. The van der Waals surface area contributed by atoms with E-state index in [2.05, 4.69) is 15.9 Å². The third-order valence-electron chi connectivity index (χ3n) is 1.23. The number of rotatable bonds is 1. The van der Waals surface area contributed by atoms with Gasteiger partial charge in [0, 0.05) is 0 Å². The van der Waals surface area contributed by atoms with Gasteiger partial charge in [0.2, 0.25) is 0 Å². The number of hydrogen-bond acceptors (Lipinski definition) is 1. The highest BCUT2D eigenvalue weighted by Crippen LogP contribution is 2.31. The smallest absolute Gasteiger partial charge is 0.0682 e. The van der Waals surface area contributed by atoms with Crippen LogP contribution in [0.4, 0.5) is 0 Å². The quantitative estimate of drug-likeness (QED) is 0.764. The minimum Gasteiger partial charge on any atom is -0.392 e. The van der Waals surface area contributed by atoms with Crippen molar-refractivity contribution in [3.63, 3.8) is 0 Å². The molecule has 0 amide bonds. The summed E-state index contributed by atoms with van der Waals surface area (Å²) in [5.74, 6) is 0. The van der Waals surface area contributed by atoms with E-state index < -0.39 is 0 Å². The van der Waals surface area contributed by atoms with Gasteiger partial charge in [-0.1, -0.05) is 23.2 Å². The fourth-order valence-electron chi connectivity index (χ4n) is 0.699. The summed E-state index contributed by atoms with van der Waals surface area (Å²) in [6.45, 7) is -0.0489. The first-order chi connectivity index (χ1) is 5.15. The molecule has 1 aromatic rings. The Balaban J connectivity index is 3.21. The molecule has 1 N–H and O–H groups in total. The largest absolute Gasteiger partial charge is 0.392 e. The summed E-state index contributed by atoms with van der Waals surface area (Å²) < 4.78 is 0.665. The summed E-state index contributed by atoms with van der Waals surface area (Å²) in [7, 11) is 0. The van der Waals surface area contributed by atoms with Crippen LogP contribution in [0.2, 0.25) is 10.0 Å². The molecule has 0 bridgehead atoms. The molecule has 0 radical (unpaired) electrons. The first kappa shape index (κ1) is 9.33. The normalized spacial score (nSPS) is 10.2. The molecule has 1 rings (SSSR count). The molecule has 0 saturated carbocycles. The number of benzene rings is 1. The van der Waals surface area contributed by atoms with E-state index >= 15 is 0 Å². The lowest BCUT2D eigenvalue weighted by Crippen LogP contribution is -1.83. The monoisotopic (exact) mass is 254 g/mol. The SMILES string of the molecule is OCc1cc(Cl)c(Br)c(Cl)c1. The predicted molar refractivity (Wildman–Crippen MR) is 50.1 cm³/mol. The van der Waals surface area contributed by atoms with Gasteiger partial charge in [-0.3, -0.25) is 0 Å². The summed E-state index contributed by atoms with van der Waals surface area (Å²) in [5, 5.41) is 9.78. The maximum absolute atomic E-state index is 8.74. The van der Waals surface area contributed by atoms with Crippen molar-refractivity contribution < 1.29 is 5.11 Å². The molecular weight excluding hydrogens is 251 g/mol. The van der Waals surface area contributed by atoms with Gasteiger partial charge in [-0.2, -0.15) is 0 Å². The Labute approximate surface area is 83.1 Å². The second kappa shape index (κ2) is 3.76. The Kier molecular flexibility index (Phi) is 3.19. The second-order valence-electron chi connectivity index (χ2n) is 2.03. The van der Waals surface area contributed by atoms with Crippen molar-refractivity contribution >= 4 is 39.1 Å². The van der Waals surface area contributed by atoms with Crippen LogP contribution in [-0.2, 0) is 6.61 Å². The molecule has 0 aliphatic carbocycles. The molecule has 0 aliphatic heterocycles. The second-order valence-corrected chi connectivity index (χ2v) is 3.64. The zero-order valence-corrected chi connectivity index (χ0v) is 8.54. The van der Waals surface area contributed by atoms with Gasteiger partial charge in [0.15, 0.2) is 0 Å². The zero-order chi connectivity index (χ0) is 8.43. The molecule has 1 nitrogen and oxygen atoms in total. The fraction of sp³-hybridized carbons (Fsp3) is 0.143. The maximum atomic E-state index is 8.74. The van der Waals surface area contributed by atoms with Crippen molar-refractivity contribution in [2.75, 3.05) is 0 Å². The first-order valence-corrected chi connectivity index (χ1v) is 4.44. The van der Waals surface area contributed by atoms with Crippen LogP contribution in [0.1, 0.15) is 5.56 Å². The summed E-state index contributed by atoms with van der Waals surface area (Å²) >= 11 is 14.7. The van der Waals surface area contributed by atoms with E-state index in [1.165, 1.54) is 0 Å². The first-order valence-electron chi connectivity index (χ1n) is 2.89. The van der Waals surface area contributed by atoms with E-state index in [4.69, 9.17) is 28.3 Å². The molecule has 0 spiro atoms. The van der Waals surface area contributed by atoms with Crippen LogP contribution in [-0.4, -0.2) is 5.11 Å². The lowest BCUT2D eigenvalue weighted by atomic mass is 10.2. The third-order valence-corrected chi connectivity index (χ3v) is 3.13. The predicted octanol–water partition coefficient (Wildman–Crippen LogP) is 3.25. The van der Waals surface area contributed by atoms with Crippen LogP contribution in [0.25, 0.3) is 0 Å². The summed E-state index contributed by atoms with van der Waals surface area (Å²) in [5.41, 5.74) is 0.711. The average molecular weight is 256 g/mol. The van der Waals surface area contributed by atoms with Gasteiger partial charge in [0.25, 0.3) is 0 Å². The van der Waals surface area contributed by atoms with E-state index in [9.17, 15) is 0 Å². The lowest BCUT2D eigenvalue weighted by molar-refractivity contribution is 0.282. The lowest BCUT2D eigenvalue weighted by Gasteiger charge is -2.01. The Morgan fingerprint density at radius 3 is 2.09 bits per heavy atom. The minimum absolute atomic E-state index is 0.0489. The van der Waals surface area contributed by atoms with Crippen molar-refractivity contribution in [3.8, 4) is 0 Å². The van der Waals surface area contributed by atoms with Crippen LogP contribution in [0.3, 0.4) is 0 Å². The Morgan fingerprint density at radius 1 is 1.27 bits per heavy atom. The van der Waals surface area contributed by atoms with Crippen LogP contribution < -0.4 is 0 Å². The van der Waals surface area contributed by atoms with Gasteiger partial charge in [0.1, 0.15) is 0 Å². The molecule has 60 valence electrons. The van der Waals surface area contributed by atoms with E-state index in [0.717, 1.165) is 0 Å². The van der Waals surface area contributed by atoms with E-state index in [1.54, 1.807) is 12.1 Å². The van der Waals surface area contributed by atoms with E-state index in [1.807, 2.05) is 0 Å². The van der Waals surface area contributed by atoms with Crippen LogP contribution in [0.5, 0.6) is 0 Å². The Morgan fingerprint density at radius 2 is 1.73 bits per heavy atom. The number of aliphatic hydroxyl groups excluding tert-OH is 1. The van der Waals surface area contributed by atoms with Crippen molar-refractivity contribution in [2.45, 2.75) is 6.61 Å². The molecular formula is C7H5BrCl2O. The number of aliphatic hydroxyl groups is 1. The van der Waals surface area contributed by atoms with Gasteiger partial charge in [-0.05, 0) is 33.6 Å². The van der Waals surface area contributed by atoms with E-state index in [0.29, 0.717) is 20.1 Å². The molecule has 0 unspecified atom stereocenters. The summed E-state index contributed by atoms with van der Waals surface area (Å²) in [6, 6.07) is 3.33. The molecule has 0 heterocycles. The summed E-state index contributed by atoms with van der Waals surface area (Å²) in [4.78, 5) is 0. The highest BCUT2D eigenvalue weighted by atomic mass is 79.9. The standard InChI is InChI=1S/C7H5BrCl2O/c8-7-5(9)1-4(3-11)2-6(7)10/h1-2,11H,3H2. The molecule has 0 aliphatic rings. The average Bonchev–Trinajstić information content (AvgIpc) is 1.99. The van der Waals surface area contributed by atoms with Gasteiger partial charge in [-0.25, -0.2) is 0 Å². The number of halogens is 3.